The molecular weight excluding hydrogens is 328 g/mol. The number of methoxy groups -OCH3 is 1. The van der Waals surface area contributed by atoms with Crippen LogP contribution < -0.4 is 5.32 Å². The van der Waals surface area contributed by atoms with Crippen molar-refractivity contribution in [2.24, 2.45) is 0 Å². The van der Waals surface area contributed by atoms with Crippen molar-refractivity contribution < 1.29 is 14.3 Å². The highest BCUT2D eigenvalue weighted by molar-refractivity contribution is 7.17. The molecule has 0 radical (unpaired) electrons. The number of amides is 1. The lowest BCUT2D eigenvalue weighted by atomic mass is 10.2. The van der Waals surface area contributed by atoms with E-state index in [9.17, 15) is 9.59 Å². The van der Waals surface area contributed by atoms with Gasteiger partial charge in [0.25, 0.3) is 5.91 Å². The maximum atomic E-state index is 12.2. The molecule has 0 saturated heterocycles. The summed E-state index contributed by atoms with van der Waals surface area (Å²) in [4.78, 5) is 36.2. The third-order valence-electron chi connectivity index (χ3n) is 3.06. The highest BCUT2D eigenvalue weighted by atomic mass is 32.1. The molecule has 0 aliphatic rings. The number of anilines is 1. The molecule has 120 valence electrons. The summed E-state index contributed by atoms with van der Waals surface area (Å²) in [5.74, 6) is -0.363. The first-order valence-electron chi connectivity index (χ1n) is 6.90. The molecule has 1 amide bonds. The minimum absolute atomic E-state index is 0.296. The molecule has 2 aromatic heterocycles. The maximum Gasteiger partial charge on any atom is 0.349 e. The van der Waals surface area contributed by atoms with Gasteiger partial charge in [0.1, 0.15) is 4.88 Å². The maximum absolute atomic E-state index is 12.2. The average Bonchev–Trinajstić information content (AvgIpc) is 3.10. The Morgan fingerprint density at radius 2 is 1.75 bits per heavy atom. The first kappa shape index (κ1) is 15.8. The van der Waals surface area contributed by atoms with Gasteiger partial charge in [-0.25, -0.2) is 19.7 Å². The van der Waals surface area contributed by atoms with E-state index >= 15 is 0 Å². The number of esters is 1. The Hall–Kier alpha value is -3.13. The van der Waals surface area contributed by atoms with E-state index in [1.807, 2.05) is 30.3 Å². The van der Waals surface area contributed by atoms with Gasteiger partial charge in [0.2, 0.25) is 0 Å². The molecule has 8 heteroatoms. The molecule has 0 atom stereocenters. The van der Waals surface area contributed by atoms with Gasteiger partial charge < -0.3 is 4.74 Å². The van der Waals surface area contributed by atoms with E-state index in [1.54, 1.807) is 0 Å². The number of nitrogens with zero attached hydrogens (tertiary/aromatic N) is 3. The smallest absolute Gasteiger partial charge is 0.349 e. The summed E-state index contributed by atoms with van der Waals surface area (Å²) in [7, 11) is 1.28. The van der Waals surface area contributed by atoms with Crippen LogP contribution in [0.3, 0.4) is 0 Å². The Balaban J connectivity index is 1.71. The molecule has 7 nitrogen and oxygen atoms in total. The predicted molar refractivity (Wildman–Crippen MR) is 88.9 cm³/mol. The van der Waals surface area contributed by atoms with Gasteiger partial charge in [-0.2, -0.15) is 0 Å². The van der Waals surface area contributed by atoms with Gasteiger partial charge in [0.15, 0.2) is 11.0 Å². The zero-order valence-electron chi connectivity index (χ0n) is 12.6. The van der Waals surface area contributed by atoms with E-state index in [0.717, 1.165) is 16.9 Å². The number of carbonyl (C=O) groups is 2. The zero-order valence-corrected chi connectivity index (χ0v) is 13.4. The van der Waals surface area contributed by atoms with Crippen LogP contribution in [0.25, 0.3) is 11.4 Å². The van der Waals surface area contributed by atoms with Crippen molar-refractivity contribution in [3.05, 3.63) is 59.4 Å². The number of thiazole rings is 1. The molecule has 0 aliphatic heterocycles. The van der Waals surface area contributed by atoms with E-state index in [2.05, 4.69) is 25.0 Å². The summed E-state index contributed by atoms with van der Waals surface area (Å²) in [5, 5.41) is 2.90. The quantitative estimate of drug-likeness (QED) is 0.734. The first-order chi connectivity index (χ1) is 11.7. The number of ether oxygens (including phenoxy) is 1. The molecule has 3 rings (SSSR count). The summed E-state index contributed by atoms with van der Waals surface area (Å²) >= 11 is 1.03. The number of rotatable bonds is 4. The van der Waals surface area contributed by atoms with E-state index in [1.165, 1.54) is 25.7 Å². The minimum atomic E-state index is -0.497. The Kier molecular flexibility index (Phi) is 4.57. The largest absolute Gasteiger partial charge is 0.465 e. The summed E-state index contributed by atoms with van der Waals surface area (Å²) in [6.07, 6.45) is 4.24. The van der Waals surface area contributed by atoms with Crippen LogP contribution in [0.1, 0.15) is 20.0 Å². The van der Waals surface area contributed by atoms with Gasteiger partial charge in [-0.1, -0.05) is 41.7 Å². The SMILES string of the molecule is COC(=O)c1cnc(NC(=O)c2cnc(-c3ccccc3)nc2)s1. The number of nitrogens with one attached hydrogen (secondary N) is 1. The molecule has 24 heavy (non-hydrogen) atoms. The third-order valence-corrected chi connectivity index (χ3v) is 3.95. The van der Waals surface area contributed by atoms with Gasteiger partial charge in [-0.05, 0) is 0 Å². The predicted octanol–water partition coefficient (Wildman–Crippen LogP) is 2.64. The van der Waals surface area contributed by atoms with Crippen LogP contribution >= 0.6 is 11.3 Å². The van der Waals surface area contributed by atoms with E-state index < -0.39 is 11.9 Å². The third kappa shape index (κ3) is 3.44. The average molecular weight is 340 g/mol. The summed E-state index contributed by atoms with van der Waals surface area (Å²) < 4.78 is 4.59. The molecule has 0 spiro atoms. The van der Waals surface area contributed by atoms with Gasteiger partial charge in [0, 0.05) is 18.0 Å². The Morgan fingerprint density at radius 1 is 1.04 bits per heavy atom. The van der Waals surface area contributed by atoms with Crippen molar-refractivity contribution in [1.82, 2.24) is 15.0 Å². The van der Waals surface area contributed by atoms with Gasteiger partial charge in [0.05, 0.1) is 18.9 Å². The molecule has 0 unspecified atom stereocenters. The highest BCUT2D eigenvalue weighted by Gasteiger charge is 2.14. The normalized spacial score (nSPS) is 10.2. The lowest BCUT2D eigenvalue weighted by Crippen LogP contribution is -2.12. The first-order valence-corrected chi connectivity index (χ1v) is 7.72. The Bertz CT molecular complexity index is 863. The van der Waals surface area contributed by atoms with Gasteiger partial charge in [-0.3, -0.25) is 10.1 Å². The van der Waals surface area contributed by atoms with Crippen LogP contribution in [-0.2, 0) is 4.74 Å². The van der Waals surface area contributed by atoms with E-state index in [0.29, 0.717) is 21.4 Å². The Labute approximate surface area is 141 Å². The fraction of sp³-hybridized carbons (Fsp3) is 0.0625. The lowest BCUT2D eigenvalue weighted by molar-refractivity contribution is 0.0606. The monoisotopic (exact) mass is 340 g/mol. The van der Waals surface area contributed by atoms with Gasteiger partial charge in [-0.15, -0.1) is 0 Å². The van der Waals surface area contributed by atoms with Crippen LogP contribution in [0.2, 0.25) is 0 Å². The molecule has 0 fully saturated rings. The standard InChI is InChI=1S/C16H12N4O3S/c1-23-15(22)12-9-19-16(24-12)20-14(21)11-7-17-13(18-8-11)10-5-3-2-4-6-10/h2-9H,1H3,(H,19,20,21). The fourth-order valence-corrected chi connectivity index (χ4v) is 2.61. The molecule has 0 bridgehead atoms. The van der Waals surface area contributed by atoms with Crippen molar-refractivity contribution in [2.75, 3.05) is 12.4 Å². The zero-order chi connectivity index (χ0) is 16.9. The molecule has 1 aromatic carbocycles. The van der Waals surface area contributed by atoms with Crippen molar-refractivity contribution in [3.63, 3.8) is 0 Å². The van der Waals surface area contributed by atoms with Crippen LogP contribution in [0, 0.1) is 0 Å². The second-order valence-corrected chi connectivity index (χ2v) is 5.67. The number of hydrogen-bond acceptors (Lipinski definition) is 7. The summed E-state index contributed by atoms with van der Waals surface area (Å²) in [5.41, 5.74) is 1.16. The number of hydrogen-bond donors (Lipinski definition) is 1. The van der Waals surface area contributed by atoms with E-state index in [-0.39, 0.29) is 0 Å². The van der Waals surface area contributed by atoms with Crippen LogP contribution in [0.4, 0.5) is 5.13 Å². The molecule has 1 N–H and O–H groups in total. The van der Waals surface area contributed by atoms with Crippen molar-refractivity contribution in [3.8, 4) is 11.4 Å². The topological polar surface area (TPSA) is 94.1 Å². The Morgan fingerprint density at radius 3 is 2.42 bits per heavy atom. The molecule has 3 aromatic rings. The number of benzene rings is 1. The van der Waals surface area contributed by atoms with Crippen molar-refractivity contribution >= 4 is 28.3 Å². The highest BCUT2D eigenvalue weighted by Crippen LogP contribution is 2.19. The lowest BCUT2D eigenvalue weighted by Gasteiger charge is -2.03. The number of aromatic nitrogens is 3. The van der Waals surface area contributed by atoms with Crippen molar-refractivity contribution in [1.29, 1.82) is 0 Å². The molecule has 2 heterocycles. The molecule has 0 aliphatic carbocycles. The van der Waals surface area contributed by atoms with Crippen LogP contribution in [-0.4, -0.2) is 33.9 Å². The van der Waals surface area contributed by atoms with Gasteiger partial charge >= 0.3 is 5.97 Å². The molecular formula is C16H12N4O3S. The van der Waals surface area contributed by atoms with Crippen LogP contribution in [0.5, 0.6) is 0 Å². The fourth-order valence-electron chi connectivity index (χ4n) is 1.88. The second kappa shape index (κ2) is 6.97. The summed E-state index contributed by atoms with van der Waals surface area (Å²) in [6.45, 7) is 0. The minimum Gasteiger partial charge on any atom is -0.465 e. The van der Waals surface area contributed by atoms with E-state index in [4.69, 9.17) is 0 Å². The van der Waals surface area contributed by atoms with Crippen molar-refractivity contribution in [2.45, 2.75) is 0 Å². The summed E-state index contributed by atoms with van der Waals surface area (Å²) in [6, 6.07) is 9.46. The number of carbonyl (C=O) groups excluding carboxylic acids is 2. The second-order valence-electron chi connectivity index (χ2n) is 4.64. The van der Waals surface area contributed by atoms with Crippen LogP contribution in [0.15, 0.2) is 48.9 Å². The molecule has 0 saturated carbocycles.